The van der Waals surface area contributed by atoms with E-state index < -0.39 is 0 Å². The summed E-state index contributed by atoms with van der Waals surface area (Å²) in [5.41, 5.74) is 6.76. The quantitative estimate of drug-likeness (QED) is 0.755. The van der Waals surface area contributed by atoms with Crippen molar-refractivity contribution in [2.24, 2.45) is 0 Å². The van der Waals surface area contributed by atoms with E-state index in [9.17, 15) is 0 Å². The van der Waals surface area contributed by atoms with Crippen LogP contribution in [0.1, 0.15) is 38.2 Å². The van der Waals surface area contributed by atoms with Crippen LogP contribution < -0.4 is 16.4 Å². The normalized spacial score (nSPS) is 20.4. The van der Waals surface area contributed by atoms with Crippen LogP contribution in [0.25, 0.3) is 0 Å². The van der Waals surface area contributed by atoms with Gasteiger partial charge in [0.25, 0.3) is 0 Å². The second-order valence-corrected chi connectivity index (χ2v) is 4.84. The van der Waals surface area contributed by atoms with Crippen LogP contribution in [-0.4, -0.2) is 29.1 Å². The number of hydrogen-bond donors (Lipinski definition) is 3. The van der Waals surface area contributed by atoms with Gasteiger partial charge in [-0.2, -0.15) is 4.98 Å². The Morgan fingerprint density at radius 3 is 3.17 bits per heavy atom. The number of aromatic nitrogens is 2. The molecule has 1 aliphatic rings. The summed E-state index contributed by atoms with van der Waals surface area (Å²) in [6, 6.07) is 0.536. The number of nitrogen functional groups attached to an aromatic ring is 1. The number of hydrogen-bond acceptors (Lipinski definition) is 5. The second-order valence-electron chi connectivity index (χ2n) is 4.84. The largest absolute Gasteiger partial charge is 0.368 e. The summed E-state index contributed by atoms with van der Waals surface area (Å²) in [6.07, 6.45) is 7.90. The van der Waals surface area contributed by atoms with E-state index in [1.165, 1.54) is 25.7 Å². The summed E-state index contributed by atoms with van der Waals surface area (Å²) >= 11 is 0. The standard InChI is InChI=1S/C13H23N5/c1-2-10-8-17-13(14)18-12(10)16-9-11-6-4-3-5-7-15-11/h8,11,15H,2-7,9H2,1H3,(H3,14,16,17,18). The van der Waals surface area contributed by atoms with Crippen LogP contribution in [-0.2, 0) is 6.42 Å². The lowest BCUT2D eigenvalue weighted by molar-refractivity contribution is 0.530. The maximum absolute atomic E-state index is 5.64. The highest BCUT2D eigenvalue weighted by molar-refractivity contribution is 5.46. The Bertz CT molecular complexity index is 372. The number of nitrogens with zero attached hydrogens (tertiary/aromatic N) is 2. The molecule has 5 nitrogen and oxygen atoms in total. The van der Waals surface area contributed by atoms with Crippen molar-refractivity contribution in [3.63, 3.8) is 0 Å². The summed E-state index contributed by atoms with van der Waals surface area (Å²) in [6.45, 7) is 4.13. The Morgan fingerprint density at radius 2 is 2.33 bits per heavy atom. The van der Waals surface area contributed by atoms with Crippen LogP contribution in [0.5, 0.6) is 0 Å². The van der Waals surface area contributed by atoms with Crippen LogP contribution in [0, 0.1) is 0 Å². The van der Waals surface area contributed by atoms with Crippen LogP contribution in [0.3, 0.4) is 0 Å². The first kappa shape index (κ1) is 13.1. The predicted octanol–water partition coefficient (Wildman–Crippen LogP) is 1.57. The zero-order chi connectivity index (χ0) is 12.8. The molecule has 2 rings (SSSR count). The highest BCUT2D eigenvalue weighted by atomic mass is 15.1. The zero-order valence-corrected chi connectivity index (χ0v) is 11.1. The van der Waals surface area contributed by atoms with Gasteiger partial charge in [-0.1, -0.05) is 19.8 Å². The first-order valence-corrected chi connectivity index (χ1v) is 6.88. The van der Waals surface area contributed by atoms with E-state index in [0.717, 1.165) is 30.9 Å². The molecule has 4 N–H and O–H groups in total. The van der Waals surface area contributed by atoms with E-state index in [-0.39, 0.29) is 0 Å². The molecule has 0 radical (unpaired) electrons. The van der Waals surface area contributed by atoms with Gasteiger partial charge in [0.1, 0.15) is 5.82 Å². The molecule has 1 aromatic heterocycles. The summed E-state index contributed by atoms with van der Waals surface area (Å²) in [4.78, 5) is 8.31. The second kappa shape index (κ2) is 6.54. The summed E-state index contributed by atoms with van der Waals surface area (Å²) in [7, 11) is 0. The van der Waals surface area contributed by atoms with E-state index in [0.29, 0.717) is 12.0 Å². The van der Waals surface area contributed by atoms with E-state index in [1.807, 2.05) is 6.20 Å². The van der Waals surface area contributed by atoms with Gasteiger partial charge >= 0.3 is 0 Å². The van der Waals surface area contributed by atoms with Crippen molar-refractivity contribution in [1.29, 1.82) is 0 Å². The molecular formula is C13H23N5. The van der Waals surface area contributed by atoms with Crippen molar-refractivity contribution in [2.75, 3.05) is 24.1 Å². The Balaban J connectivity index is 1.94. The maximum atomic E-state index is 5.64. The van der Waals surface area contributed by atoms with Crippen molar-refractivity contribution in [3.05, 3.63) is 11.8 Å². The molecule has 1 fully saturated rings. The fourth-order valence-corrected chi connectivity index (χ4v) is 2.33. The third-order valence-corrected chi connectivity index (χ3v) is 3.44. The average Bonchev–Trinajstić information content (AvgIpc) is 2.65. The van der Waals surface area contributed by atoms with E-state index >= 15 is 0 Å². The first-order valence-electron chi connectivity index (χ1n) is 6.88. The van der Waals surface area contributed by atoms with Gasteiger partial charge in [0.05, 0.1) is 0 Å². The zero-order valence-electron chi connectivity index (χ0n) is 11.1. The van der Waals surface area contributed by atoms with Crippen molar-refractivity contribution in [3.8, 4) is 0 Å². The molecular weight excluding hydrogens is 226 g/mol. The fourth-order valence-electron chi connectivity index (χ4n) is 2.33. The topological polar surface area (TPSA) is 75.9 Å². The molecule has 1 saturated heterocycles. The Hall–Kier alpha value is -1.36. The Kier molecular flexibility index (Phi) is 4.75. The Morgan fingerprint density at radius 1 is 1.44 bits per heavy atom. The molecule has 0 spiro atoms. The maximum Gasteiger partial charge on any atom is 0.221 e. The van der Waals surface area contributed by atoms with E-state index in [2.05, 4.69) is 27.5 Å². The van der Waals surface area contributed by atoms with Gasteiger partial charge in [-0.3, -0.25) is 0 Å². The third-order valence-electron chi connectivity index (χ3n) is 3.44. The van der Waals surface area contributed by atoms with Crippen molar-refractivity contribution in [1.82, 2.24) is 15.3 Å². The van der Waals surface area contributed by atoms with Crippen molar-refractivity contribution < 1.29 is 0 Å². The molecule has 1 aromatic rings. The molecule has 0 amide bonds. The molecule has 1 aliphatic heterocycles. The number of nitrogens with two attached hydrogens (primary N) is 1. The average molecular weight is 249 g/mol. The van der Waals surface area contributed by atoms with Gasteiger partial charge in [0, 0.05) is 24.3 Å². The summed E-state index contributed by atoms with van der Waals surface area (Å²) in [5, 5.41) is 6.98. The lowest BCUT2D eigenvalue weighted by Gasteiger charge is -2.18. The van der Waals surface area contributed by atoms with Gasteiger partial charge in [0.15, 0.2) is 0 Å². The van der Waals surface area contributed by atoms with Crippen LogP contribution in [0.15, 0.2) is 6.20 Å². The molecule has 18 heavy (non-hydrogen) atoms. The summed E-state index contributed by atoms with van der Waals surface area (Å²) in [5.74, 6) is 1.22. The molecule has 1 unspecified atom stereocenters. The summed E-state index contributed by atoms with van der Waals surface area (Å²) < 4.78 is 0. The van der Waals surface area contributed by atoms with Crippen LogP contribution in [0.2, 0.25) is 0 Å². The highest BCUT2D eigenvalue weighted by Crippen LogP contribution is 2.14. The third kappa shape index (κ3) is 3.57. The molecule has 5 heteroatoms. The number of rotatable bonds is 4. The van der Waals surface area contributed by atoms with Crippen LogP contribution in [0.4, 0.5) is 11.8 Å². The minimum Gasteiger partial charge on any atom is -0.368 e. The molecule has 100 valence electrons. The van der Waals surface area contributed by atoms with Crippen molar-refractivity contribution >= 4 is 11.8 Å². The minimum atomic E-state index is 0.337. The predicted molar refractivity (Wildman–Crippen MR) is 74.6 cm³/mol. The molecule has 0 aliphatic carbocycles. The highest BCUT2D eigenvalue weighted by Gasteiger charge is 2.12. The number of nitrogens with one attached hydrogen (secondary N) is 2. The lowest BCUT2D eigenvalue weighted by Crippen LogP contribution is -2.35. The van der Waals surface area contributed by atoms with Gasteiger partial charge in [0.2, 0.25) is 5.95 Å². The molecule has 0 aromatic carbocycles. The molecule has 1 atom stereocenters. The number of aryl methyl sites for hydroxylation is 1. The van der Waals surface area contributed by atoms with Gasteiger partial charge < -0.3 is 16.4 Å². The fraction of sp³-hybridized carbons (Fsp3) is 0.692. The minimum absolute atomic E-state index is 0.337. The molecule has 0 bridgehead atoms. The van der Waals surface area contributed by atoms with Gasteiger partial charge in [-0.05, 0) is 25.8 Å². The molecule has 2 heterocycles. The SMILES string of the molecule is CCc1cnc(N)nc1NCC1CCCCCN1. The molecule has 0 saturated carbocycles. The van der Waals surface area contributed by atoms with Crippen LogP contribution >= 0.6 is 0 Å². The Labute approximate surface area is 109 Å². The lowest BCUT2D eigenvalue weighted by atomic mass is 10.1. The monoisotopic (exact) mass is 249 g/mol. The van der Waals surface area contributed by atoms with Gasteiger partial charge in [-0.15, -0.1) is 0 Å². The van der Waals surface area contributed by atoms with Gasteiger partial charge in [-0.25, -0.2) is 4.98 Å². The first-order chi connectivity index (χ1) is 8.79. The van der Waals surface area contributed by atoms with Crippen molar-refractivity contribution in [2.45, 2.75) is 45.1 Å². The van der Waals surface area contributed by atoms with E-state index in [1.54, 1.807) is 0 Å². The number of anilines is 2. The van der Waals surface area contributed by atoms with E-state index in [4.69, 9.17) is 5.73 Å². The smallest absolute Gasteiger partial charge is 0.221 e.